The van der Waals surface area contributed by atoms with Crippen molar-refractivity contribution in [1.29, 1.82) is 0 Å². The highest BCUT2D eigenvalue weighted by Gasteiger charge is 2.28. The van der Waals surface area contributed by atoms with Gasteiger partial charge >= 0.3 is 0 Å². The zero-order chi connectivity index (χ0) is 15.6. The van der Waals surface area contributed by atoms with E-state index in [0.717, 1.165) is 16.9 Å². The van der Waals surface area contributed by atoms with Gasteiger partial charge in [0.05, 0.1) is 10.6 Å². The maximum absolute atomic E-state index is 12.5. The molecule has 1 amide bonds. The predicted octanol–water partition coefficient (Wildman–Crippen LogP) is 1.73. The number of nitrogens with zero attached hydrogens (tertiary/aromatic N) is 2. The molecule has 0 bridgehead atoms. The van der Waals surface area contributed by atoms with Crippen molar-refractivity contribution < 1.29 is 13.2 Å². The third-order valence-electron chi connectivity index (χ3n) is 3.84. The van der Waals surface area contributed by atoms with Crippen LogP contribution in [0.5, 0.6) is 0 Å². The lowest BCUT2D eigenvalue weighted by Crippen LogP contribution is -2.50. The molecule has 1 aromatic rings. The van der Waals surface area contributed by atoms with E-state index in [1.165, 1.54) is 9.18 Å². The fourth-order valence-electron chi connectivity index (χ4n) is 2.48. The van der Waals surface area contributed by atoms with Crippen molar-refractivity contribution in [2.75, 3.05) is 31.9 Å². The van der Waals surface area contributed by atoms with Crippen LogP contribution in [0.2, 0.25) is 0 Å². The molecule has 0 saturated carbocycles. The van der Waals surface area contributed by atoms with Gasteiger partial charge < -0.3 is 4.90 Å². The van der Waals surface area contributed by atoms with E-state index < -0.39 is 10.0 Å². The Morgan fingerprint density at radius 1 is 1.24 bits per heavy atom. The largest absolute Gasteiger partial charge is 0.335 e. The number of carbonyl (C=O) groups excluding carboxylic acids is 1. The van der Waals surface area contributed by atoms with E-state index in [-0.39, 0.29) is 11.7 Å². The van der Waals surface area contributed by atoms with Gasteiger partial charge in [0, 0.05) is 31.1 Å². The molecule has 0 spiro atoms. The molecule has 1 aromatic heterocycles. The number of hydrogen-bond acceptors (Lipinski definition) is 4. The van der Waals surface area contributed by atoms with Gasteiger partial charge in [0.15, 0.2) is 0 Å². The highest BCUT2D eigenvalue weighted by Crippen LogP contribution is 2.24. The van der Waals surface area contributed by atoms with Gasteiger partial charge in [-0.25, -0.2) is 8.42 Å². The highest BCUT2D eigenvalue weighted by molar-refractivity contribution is 7.89. The van der Waals surface area contributed by atoms with E-state index in [9.17, 15) is 13.2 Å². The topological polar surface area (TPSA) is 57.7 Å². The molecule has 118 valence electrons. The van der Waals surface area contributed by atoms with Gasteiger partial charge in [0.2, 0.25) is 10.0 Å². The number of sulfonamides is 1. The molecule has 5 nitrogen and oxygen atoms in total. The second-order valence-electron chi connectivity index (χ2n) is 5.16. The Labute approximate surface area is 130 Å². The second-order valence-corrected chi connectivity index (χ2v) is 8.56. The van der Waals surface area contributed by atoms with Crippen LogP contribution >= 0.6 is 11.3 Å². The minimum atomic E-state index is -3.14. The van der Waals surface area contributed by atoms with Crippen molar-refractivity contribution in [3.8, 4) is 0 Å². The molecule has 1 saturated heterocycles. The molecular formula is C14H22N2O3S2. The lowest BCUT2D eigenvalue weighted by molar-refractivity contribution is 0.0703. The Balaban J connectivity index is 2.03. The van der Waals surface area contributed by atoms with Gasteiger partial charge in [0.25, 0.3) is 5.91 Å². The molecule has 1 fully saturated rings. The van der Waals surface area contributed by atoms with Crippen molar-refractivity contribution in [3.05, 3.63) is 21.4 Å². The fourth-order valence-corrected chi connectivity index (χ4v) is 4.65. The summed E-state index contributed by atoms with van der Waals surface area (Å²) in [5.41, 5.74) is 1.16. The lowest BCUT2D eigenvalue weighted by Gasteiger charge is -2.33. The zero-order valence-electron chi connectivity index (χ0n) is 12.8. The maximum Gasteiger partial charge on any atom is 0.264 e. The summed E-state index contributed by atoms with van der Waals surface area (Å²) < 4.78 is 25.1. The van der Waals surface area contributed by atoms with Crippen molar-refractivity contribution in [1.82, 2.24) is 9.21 Å². The molecule has 0 N–H and O–H groups in total. The Morgan fingerprint density at radius 2 is 1.86 bits per heavy atom. The molecule has 0 aliphatic carbocycles. The van der Waals surface area contributed by atoms with Gasteiger partial charge in [0.1, 0.15) is 0 Å². The molecule has 1 aliphatic rings. The average Bonchev–Trinajstić information content (AvgIpc) is 2.87. The van der Waals surface area contributed by atoms with E-state index in [2.05, 4.69) is 6.92 Å². The van der Waals surface area contributed by atoms with Gasteiger partial charge in [-0.15, -0.1) is 11.3 Å². The number of hydrogen-bond donors (Lipinski definition) is 0. The second kappa shape index (κ2) is 6.46. The number of carbonyl (C=O) groups is 1. The van der Waals surface area contributed by atoms with Crippen LogP contribution in [0.4, 0.5) is 0 Å². The van der Waals surface area contributed by atoms with Crippen LogP contribution in [0.15, 0.2) is 6.07 Å². The number of aryl methyl sites for hydroxylation is 2. The van der Waals surface area contributed by atoms with Crippen molar-refractivity contribution in [3.63, 3.8) is 0 Å². The predicted molar refractivity (Wildman–Crippen MR) is 85.4 cm³/mol. The molecule has 0 aromatic carbocycles. The van der Waals surface area contributed by atoms with Crippen LogP contribution in [0.3, 0.4) is 0 Å². The van der Waals surface area contributed by atoms with E-state index >= 15 is 0 Å². The Bertz CT molecular complexity index is 614. The van der Waals surface area contributed by atoms with Crippen LogP contribution in [0.25, 0.3) is 0 Å². The van der Waals surface area contributed by atoms with Crippen molar-refractivity contribution in [2.24, 2.45) is 0 Å². The summed E-state index contributed by atoms with van der Waals surface area (Å²) in [5, 5.41) is 0. The van der Waals surface area contributed by atoms with E-state index in [4.69, 9.17) is 0 Å². The van der Waals surface area contributed by atoms with Crippen LogP contribution in [-0.4, -0.2) is 55.5 Å². The third-order valence-corrected chi connectivity index (χ3v) is 7.09. The molecule has 2 rings (SSSR count). The van der Waals surface area contributed by atoms with Gasteiger partial charge in [-0.1, -0.05) is 6.92 Å². The van der Waals surface area contributed by atoms with Crippen LogP contribution in [0, 0.1) is 6.92 Å². The molecule has 0 radical (unpaired) electrons. The SMILES string of the molecule is CCc1sc(C(=O)N2CCN(S(=O)(=O)CC)CC2)cc1C. The first-order valence-corrected chi connectivity index (χ1v) is 9.68. The molecule has 2 heterocycles. The summed E-state index contributed by atoms with van der Waals surface area (Å²) in [4.78, 5) is 16.2. The normalized spacial score (nSPS) is 17.2. The first-order chi connectivity index (χ1) is 9.89. The molecule has 0 atom stereocenters. The van der Waals surface area contributed by atoms with Crippen molar-refractivity contribution in [2.45, 2.75) is 27.2 Å². The van der Waals surface area contributed by atoms with Gasteiger partial charge in [-0.3, -0.25) is 4.79 Å². The lowest BCUT2D eigenvalue weighted by atomic mass is 10.2. The maximum atomic E-state index is 12.5. The molecule has 7 heteroatoms. The zero-order valence-corrected chi connectivity index (χ0v) is 14.4. The summed E-state index contributed by atoms with van der Waals surface area (Å²) in [6.45, 7) is 7.49. The number of amides is 1. The summed E-state index contributed by atoms with van der Waals surface area (Å²) in [6, 6.07) is 1.95. The standard InChI is InChI=1S/C14H22N2O3S2/c1-4-12-11(3)10-13(20-12)14(17)15-6-8-16(9-7-15)21(18,19)5-2/h10H,4-9H2,1-3H3. The Morgan fingerprint density at radius 3 is 2.33 bits per heavy atom. The minimum Gasteiger partial charge on any atom is -0.335 e. The number of rotatable bonds is 4. The highest BCUT2D eigenvalue weighted by atomic mass is 32.2. The first-order valence-electron chi connectivity index (χ1n) is 7.25. The fraction of sp³-hybridized carbons (Fsp3) is 0.643. The quantitative estimate of drug-likeness (QED) is 0.845. The van der Waals surface area contributed by atoms with Crippen LogP contribution in [0.1, 0.15) is 34.0 Å². The summed E-state index contributed by atoms with van der Waals surface area (Å²) >= 11 is 1.55. The van der Waals surface area contributed by atoms with Crippen molar-refractivity contribution >= 4 is 27.3 Å². The molecule has 0 unspecified atom stereocenters. The smallest absolute Gasteiger partial charge is 0.264 e. The Hall–Kier alpha value is -0.920. The van der Waals surface area contributed by atoms with Gasteiger partial charge in [-0.05, 0) is 31.9 Å². The van der Waals surface area contributed by atoms with E-state index in [0.29, 0.717) is 26.2 Å². The molecule has 21 heavy (non-hydrogen) atoms. The third kappa shape index (κ3) is 3.46. The summed E-state index contributed by atoms with van der Waals surface area (Å²) in [6.07, 6.45) is 0.937. The number of piperazine rings is 1. The van der Waals surface area contributed by atoms with Crippen LogP contribution in [-0.2, 0) is 16.4 Å². The summed E-state index contributed by atoms with van der Waals surface area (Å²) in [7, 11) is -3.14. The molecular weight excluding hydrogens is 308 g/mol. The van der Waals surface area contributed by atoms with E-state index in [1.54, 1.807) is 23.2 Å². The number of thiophene rings is 1. The van der Waals surface area contributed by atoms with Crippen LogP contribution < -0.4 is 0 Å². The Kier molecular flexibility index (Phi) is 5.06. The summed E-state index contributed by atoms with van der Waals surface area (Å²) in [5.74, 6) is 0.140. The average molecular weight is 330 g/mol. The monoisotopic (exact) mass is 330 g/mol. The molecule has 1 aliphatic heterocycles. The minimum absolute atomic E-state index is 0.0244. The van der Waals surface area contributed by atoms with Gasteiger partial charge in [-0.2, -0.15) is 4.31 Å². The van der Waals surface area contributed by atoms with E-state index in [1.807, 2.05) is 13.0 Å². The first kappa shape index (κ1) is 16.5.